The second-order valence-corrected chi connectivity index (χ2v) is 7.52. The van der Waals surface area contributed by atoms with Gasteiger partial charge >= 0.3 is 5.97 Å². The van der Waals surface area contributed by atoms with Crippen LogP contribution in [0, 0.1) is 11.3 Å². The van der Waals surface area contributed by atoms with Crippen molar-refractivity contribution in [2.75, 3.05) is 20.3 Å². The Balaban J connectivity index is 2.05. The minimum absolute atomic E-state index is 0.00585. The zero-order valence-corrected chi connectivity index (χ0v) is 18.2. The van der Waals surface area contributed by atoms with Gasteiger partial charge in [0.25, 0.3) is 0 Å². The molecule has 1 aromatic carbocycles. The van der Waals surface area contributed by atoms with Crippen molar-refractivity contribution in [2.24, 2.45) is 5.73 Å². The Morgan fingerprint density at radius 1 is 1.40 bits per heavy atom. The Bertz CT molecular complexity index is 992. The third kappa shape index (κ3) is 4.14. The molecular weight excluding hydrogens is 456 g/mol. The number of hydrogen-bond donors (Lipinski definition) is 1. The normalized spacial score (nSPS) is 18.3. The van der Waals surface area contributed by atoms with Gasteiger partial charge in [0.05, 0.1) is 24.1 Å². The number of nitriles is 1. The average Bonchev–Trinajstić information content (AvgIpc) is 2.71. The van der Waals surface area contributed by atoms with E-state index < -0.39 is 11.9 Å². The van der Waals surface area contributed by atoms with Crippen LogP contribution in [0.2, 0.25) is 0 Å². The van der Waals surface area contributed by atoms with E-state index >= 15 is 0 Å². The smallest absolute Gasteiger partial charge is 0.344 e. The van der Waals surface area contributed by atoms with Crippen LogP contribution in [0.15, 0.2) is 39.4 Å². The van der Waals surface area contributed by atoms with Crippen LogP contribution >= 0.6 is 15.9 Å². The lowest BCUT2D eigenvalue weighted by molar-refractivity contribution is -0.145. The third-order valence-corrected chi connectivity index (χ3v) is 5.42. The number of ether oxygens (including phenoxy) is 4. The molecule has 8 nitrogen and oxygen atoms in total. The Kier molecular flexibility index (Phi) is 6.67. The van der Waals surface area contributed by atoms with Gasteiger partial charge in [-0.1, -0.05) is 0 Å². The average molecular weight is 477 g/mol. The Hall–Kier alpha value is -2.99. The Morgan fingerprint density at radius 3 is 2.83 bits per heavy atom. The molecule has 1 aliphatic heterocycles. The highest BCUT2D eigenvalue weighted by Gasteiger charge is 2.38. The van der Waals surface area contributed by atoms with E-state index in [2.05, 4.69) is 22.0 Å². The van der Waals surface area contributed by atoms with Gasteiger partial charge in [-0.25, -0.2) is 4.79 Å². The van der Waals surface area contributed by atoms with Gasteiger partial charge in [-0.15, -0.1) is 0 Å². The van der Waals surface area contributed by atoms with Gasteiger partial charge in [0.1, 0.15) is 17.4 Å². The van der Waals surface area contributed by atoms with Crippen molar-refractivity contribution in [3.05, 3.63) is 45.0 Å². The molecule has 0 bridgehead atoms. The summed E-state index contributed by atoms with van der Waals surface area (Å²) in [6, 6.07) is 5.46. The van der Waals surface area contributed by atoms with Crippen LogP contribution in [0.5, 0.6) is 11.5 Å². The first-order valence-corrected chi connectivity index (χ1v) is 10.2. The summed E-state index contributed by atoms with van der Waals surface area (Å²) in [6.07, 6.45) is 1.64. The van der Waals surface area contributed by atoms with Crippen molar-refractivity contribution in [1.82, 2.24) is 0 Å². The van der Waals surface area contributed by atoms with Crippen LogP contribution < -0.4 is 15.2 Å². The van der Waals surface area contributed by atoms with Gasteiger partial charge in [0.15, 0.2) is 23.9 Å². The first kappa shape index (κ1) is 21.7. The molecule has 0 unspecified atom stereocenters. The molecular formula is C21H21BrN2O6. The number of benzene rings is 1. The number of nitrogens with two attached hydrogens (primary N) is 1. The fourth-order valence-electron chi connectivity index (χ4n) is 3.57. The minimum atomic E-state index is -0.671. The van der Waals surface area contributed by atoms with E-state index in [0.29, 0.717) is 52.1 Å². The van der Waals surface area contributed by atoms with E-state index in [1.165, 1.54) is 7.11 Å². The van der Waals surface area contributed by atoms with Crippen molar-refractivity contribution in [2.45, 2.75) is 32.1 Å². The second-order valence-electron chi connectivity index (χ2n) is 6.67. The maximum Gasteiger partial charge on any atom is 0.344 e. The largest absolute Gasteiger partial charge is 0.493 e. The van der Waals surface area contributed by atoms with Crippen LogP contribution in [-0.2, 0) is 19.1 Å². The molecule has 0 radical (unpaired) electrons. The summed E-state index contributed by atoms with van der Waals surface area (Å²) in [4.78, 5) is 24.3. The lowest BCUT2D eigenvalue weighted by Gasteiger charge is -2.31. The molecule has 0 saturated carbocycles. The van der Waals surface area contributed by atoms with E-state index in [4.69, 9.17) is 24.7 Å². The number of hydrogen-bond acceptors (Lipinski definition) is 8. The number of carbonyl (C=O) groups excluding carboxylic acids is 2. The number of esters is 1. The fourth-order valence-corrected chi connectivity index (χ4v) is 4.14. The van der Waals surface area contributed by atoms with E-state index in [9.17, 15) is 14.9 Å². The molecule has 0 amide bonds. The van der Waals surface area contributed by atoms with Crippen LogP contribution in [-0.4, -0.2) is 32.1 Å². The first-order valence-electron chi connectivity index (χ1n) is 9.40. The summed E-state index contributed by atoms with van der Waals surface area (Å²) < 4.78 is 22.0. The highest BCUT2D eigenvalue weighted by atomic mass is 79.9. The van der Waals surface area contributed by atoms with Gasteiger partial charge in [-0.05, 0) is 47.0 Å². The topological polar surface area (TPSA) is 121 Å². The number of methoxy groups -OCH3 is 1. The van der Waals surface area contributed by atoms with E-state index in [1.807, 2.05) is 0 Å². The second kappa shape index (κ2) is 9.22. The molecule has 1 aromatic rings. The molecule has 2 N–H and O–H groups in total. The summed E-state index contributed by atoms with van der Waals surface area (Å²) in [5, 5.41) is 9.70. The van der Waals surface area contributed by atoms with Crippen molar-refractivity contribution in [3.63, 3.8) is 0 Å². The quantitative estimate of drug-likeness (QED) is 0.621. The number of nitrogens with zero attached hydrogens (tertiary/aromatic N) is 1. The maximum absolute atomic E-state index is 12.7. The molecule has 9 heteroatoms. The summed E-state index contributed by atoms with van der Waals surface area (Å²) in [5.41, 5.74) is 7.22. The molecule has 3 rings (SSSR count). The van der Waals surface area contributed by atoms with Crippen molar-refractivity contribution >= 4 is 27.7 Å². The van der Waals surface area contributed by atoms with E-state index in [0.717, 1.165) is 0 Å². The van der Waals surface area contributed by atoms with Gasteiger partial charge < -0.3 is 24.7 Å². The van der Waals surface area contributed by atoms with Crippen LogP contribution in [0.25, 0.3) is 0 Å². The molecule has 1 heterocycles. The van der Waals surface area contributed by atoms with Crippen molar-refractivity contribution < 1.29 is 28.5 Å². The van der Waals surface area contributed by atoms with Crippen molar-refractivity contribution in [1.29, 1.82) is 5.26 Å². The third-order valence-electron chi connectivity index (χ3n) is 4.83. The molecule has 0 fully saturated rings. The molecule has 158 valence electrons. The van der Waals surface area contributed by atoms with E-state index in [1.54, 1.807) is 19.1 Å². The van der Waals surface area contributed by atoms with Gasteiger partial charge in [0.2, 0.25) is 5.88 Å². The van der Waals surface area contributed by atoms with Crippen LogP contribution in [0.4, 0.5) is 0 Å². The number of rotatable bonds is 6. The summed E-state index contributed by atoms with van der Waals surface area (Å²) in [6.45, 7) is 1.67. The van der Waals surface area contributed by atoms with Gasteiger partial charge in [0, 0.05) is 18.4 Å². The molecule has 1 atom stereocenters. The van der Waals surface area contributed by atoms with Gasteiger partial charge in [-0.3, -0.25) is 4.79 Å². The lowest BCUT2D eigenvalue weighted by atomic mass is 9.77. The fraction of sp³-hybridized carbons (Fsp3) is 0.381. The summed E-state index contributed by atoms with van der Waals surface area (Å²) in [7, 11) is 1.46. The lowest BCUT2D eigenvalue weighted by Crippen LogP contribution is -2.27. The summed E-state index contributed by atoms with van der Waals surface area (Å²) in [5.74, 6) is -0.114. The molecule has 2 aliphatic rings. The first-order chi connectivity index (χ1) is 14.4. The van der Waals surface area contributed by atoms with Crippen LogP contribution in [0.3, 0.4) is 0 Å². The van der Waals surface area contributed by atoms with Crippen LogP contribution in [0.1, 0.15) is 37.7 Å². The molecule has 0 spiro atoms. The maximum atomic E-state index is 12.7. The standard InChI is InChI=1S/C21H21BrN2O6/c1-3-28-17(26)10-29-20-13(22)7-11(8-16(20)27-2)18-12(9-23)21(24)30-15-6-4-5-14(25)19(15)18/h7-8,18H,3-6,10,24H2,1-2H3/t18-/m1/s1. The summed E-state index contributed by atoms with van der Waals surface area (Å²) >= 11 is 3.44. The number of carbonyl (C=O) groups is 2. The predicted molar refractivity (Wildman–Crippen MR) is 109 cm³/mol. The Morgan fingerprint density at radius 2 is 2.17 bits per heavy atom. The predicted octanol–water partition coefficient (Wildman–Crippen LogP) is 3.21. The molecule has 0 aromatic heterocycles. The van der Waals surface area contributed by atoms with Crippen molar-refractivity contribution in [3.8, 4) is 17.6 Å². The zero-order valence-electron chi connectivity index (χ0n) is 16.6. The highest BCUT2D eigenvalue weighted by Crippen LogP contribution is 2.47. The monoisotopic (exact) mass is 476 g/mol. The highest BCUT2D eigenvalue weighted by molar-refractivity contribution is 9.10. The van der Waals surface area contributed by atoms with E-state index in [-0.39, 0.29) is 30.5 Å². The zero-order chi connectivity index (χ0) is 21.8. The molecule has 1 aliphatic carbocycles. The molecule has 0 saturated heterocycles. The minimum Gasteiger partial charge on any atom is -0.493 e. The number of Topliss-reactive ketones (excluding diaryl/α,β-unsaturated/α-hetero) is 1. The number of ketones is 1. The number of halogens is 1. The number of allylic oxidation sites excluding steroid dienone is 3. The van der Waals surface area contributed by atoms with Gasteiger partial charge in [-0.2, -0.15) is 5.26 Å². The molecule has 30 heavy (non-hydrogen) atoms. The Labute approximate surface area is 182 Å². The SMILES string of the molecule is CCOC(=O)COc1c(Br)cc([C@@H]2C(C#N)=C(N)OC3=C2C(=O)CCC3)cc1OC.